The number of nitrogens with one attached hydrogen (secondary N) is 1. The van der Waals surface area contributed by atoms with Crippen molar-refractivity contribution in [3.63, 3.8) is 0 Å². The Balaban J connectivity index is 1.31. The molecule has 1 fully saturated rings. The van der Waals surface area contributed by atoms with Crippen molar-refractivity contribution < 1.29 is 18.7 Å². The number of piperidine rings is 1. The van der Waals surface area contributed by atoms with E-state index in [1.807, 2.05) is 0 Å². The zero-order chi connectivity index (χ0) is 21.6. The third kappa shape index (κ3) is 5.22. The Morgan fingerprint density at radius 2 is 1.84 bits per heavy atom. The standard InChI is InChI=1S/C23H21FN4O3/c24-18-6-4-17(5-7-18)23(30)28-12-8-16(9-13-28)22(29)27-19-2-1-3-20(14-19)31-21-15-25-10-11-26-21/h1-7,10-11,14-16H,8-9,12-13H2,(H,27,29). The molecule has 0 unspecified atom stereocenters. The predicted molar refractivity (Wildman–Crippen MR) is 112 cm³/mol. The molecule has 3 aromatic rings. The van der Waals surface area contributed by atoms with Gasteiger partial charge in [-0.3, -0.25) is 14.6 Å². The second kappa shape index (κ2) is 9.34. The summed E-state index contributed by atoms with van der Waals surface area (Å²) < 4.78 is 18.7. The van der Waals surface area contributed by atoms with Gasteiger partial charge in [0.05, 0.1) is 6.20 Å². The maximum Gasteiger partial charge on any atom is 0.253 e. The second-order valence-electron chi connectivity index (χ2n) is 7.24. The van der Waals surface area contributed by atoms with E-state index in [2.05, 4.69) is 15.3 Å². The summed E-state index contributed by atoms with van der Waals surface area (Å²) in [5.41, 5.74) is 1.07. The fourth-order valence-electron chi connectivity index (χ4n) is 3.46. The molecule has 1 aliphatic rings. The Kier molecular flexibility index (Phi) is 6.16. The third-order valence-electron chi connectivity index (χ3n) is 5.11. The monoisotopic (exact) mass is 420 g/mol. The molecule has 2 heterocycles. The van der Waals surface area contributed by atoms with E-state index in [9.17, 15) is 14.0 Å². The van der Waals surface area contributed by atoms with E-state index >= 15 is 0 Å². The first-order chi connectivity index (χ1) is 15.1. The van der Waals surface area contributed by atoms with Crippen LogP contribution in [0, 0.1) is 11.7 Å². The minimum Gasteiger partial charge on any atom is -0.437 e. The van der Waals surface area contributed by atoms with Crippen LogP contribution in [-0.2, 0) is 4.79 Å². The number of carbonyl (C=O) groups excluding carboxylic acids is 2. The van der Waals surface area contributed by atoms with Gasteiger partial charge in [0.1, 0.15) is 11.6 Å². The Labute approximate surface area is 178 Å². The molecule has 7 nitrogen and oxygen atoms in total. The number of carbonyl (C=O) groups is 2. The highest BCUT2D eigenvalue weighted by Crippen LogP contribution is 2.24. The summed E-state index contributed by atoms with van der Waals surface area (Å²) in [6.45, 7) is 0.953. The van der Waals surface area contributed by atoms with Crippen molar-refractivity contribution in [2.45, 2.75) is 12.8 Å². The fraction of sp³-hybridized carbons (Fsp3) is 0.217. The molecule has 158 valence electrons. The van der Waals surface area contributed by atoms with Crippen LogP contribution < -0.4 is 10.1 Å². The van der Waals surface area contributed by atoms with Crippen molar-refractivity contribution in [3.05, 3.63) is 78.5 Å². The van der Waals surface area contributed by atoms with Crippen LogP contribution in [0.15, 0.2) is 67.1 Å². The molecule has 1 saturated heterocycles. The summed E-state index contributed by atoms with van der Waals surface area (Å²) in [6, 6.07) is 12.6. The summed E-state index contributed by atoms with van der Waals surface area (Å²) in [4.78, 5) is 35.0. The average molecular weight is 420 g/mol. The Bertz CT molecular complexity index is 1050. The van der Waals surface area contributed by atoms with Crippen LogP contribution >= 0.6 is 0 Å². The molecule has 1 N–H and O–H groups in total. The second-order valence-corrected chi connectivity index (χ2v) is 7.24. The van der Waals surface area contributed by atoms with Crippen molar-refractivity contribution in [1.29, 1.82) is 0 Å². The highest BCUT2D eigenvalue weighted by molar-refractivity contribution is 5.95. The molecule has 4 rings (SSSR count). The van der Waals surface area contributed by atoms with Gasteiger partial charge < -0.3 is 15.0 Å². The number of hydrogen-bond acceptors (Lipinski definition) is 5. The molecule has 8 heteroatoms. The van der Waals surface area contributed by atoms with Crippen LogP contribution in [0.1, 0.15) is 23.2 Å². The third-order valence-corrected chi connectivity index (χ3v) is 5.11. The van der Waals surface area contributed by atoms with Crippen LogP contribution in [0.5, 0.6) is 11.6 Å². The Morgan fingerprint density at radius 3 is 2.55 bits per heavy atom. The van der Waals surface area contributed by atoms with Crippen molar-refractivity contribution in [3.8, 4) is 11.6 Å². The molecule has 0 bridgehead atoms. The molecule has 2 amide bonds. The number of rotatable bonds is 5. The van der Waals surface area contributed by atoms with Gasteiger partial charge in [-0.25, -0.2) is 9.37 Å². The van der Waals surface area contributed by atoms with Crippen LogP contribution in [0.4, 0.5) is 10.1 Å². The van der Waals surface area contributed by atoms with Gasteiger partial charge in [-0.05, 0) is 49.2 Å². The molecule has 0 saturated carbocycles. The molecule has 31 heavy (non-hydrogen) atoms. The topological polar surface area (TPSA) is 84.4 Å². The van der Waals surface area contributed by atoms with Gasteiger partial charge in [-0.1, -0.05) is 6.07 Å². The minimum atomic E-state index is -0.377. The van der Waals surface area contributed by atoms with Crippen LogP contribution in [0.25, 0.3) is 0 Å². The lowest BCUT2D eigenvalue weighted by Gasteiger charge is -2.31. The quantitative estimate of drug-likeness (QED) is 0.677. The van der Waals surface area contributed by atoms with Gasteiger partial charge in [-0.2, -0.15) is 0 Å². The minimum absolute atomic E-state index is 0.0921. The number of ether oxygens (including phenoxy) is 1. The molecular weight excluding hydrogens is 399 g/mol. The fourth-order valence-corrected chi connectivity index (χ4v) is 3.46. The van der Waals surface area contributed by atoms with Crippen molar-refractivity contribution in [2.75, 3.05) is 18.4 Å². The molecule has 0 spiro atoms. The first-order valence-corrected chi connectivity index (χ1v) is 9.98. The molecule has 0 aliphatic carbocycles. The van der Waals surface area contributed by atoms with Gasteiger partial charge in [0.15, 0.2) is 0 Å². The van der Waals surface area contributed by atoms with E-state index in [0.29, 0.717) is 48.8 Å². The maximum atomic E-state index is 13.1. The lowest BCUT2D eigenvalue weighted by atomic mass is 9.95. The van der Waals surface area contributed by atoms with Gasteiger partial charge in [-0.15, -0.1) is 0 Å². The number of anilines is 1. The molecular formula is C23H21FN4O3. The number of hydrogen-bond donors (Lipinski definition) is 1. The summed E-state index contributed by atoms with van der Waals surface area (Å²) in [5, 5.41) is 2.92. The first-order valence-electron chi connectivity index (χ1n) is 9.98. The number of likely N-dealkylation sites (tertiary alicyclic amines) is 1. The normalized spacial score (nSPS) is 14.2. The smallest absolute Gasteiger partial charge is 0.253 e. The van der Waals surface area contributed by atoms with Crippen LogP contribution in [0.2, 0.25) is 0 Å². The van der Waals surface area contributed by atoms with E-state index in [0.717, 1.165) is 0 Å². The molecule has 0 radical (unpaired) electrons. The number of benzene rings is 2. The van der Waals surface area contributed by atoms with Crippen molar-refractivity contribution >= 4 is 17.5 Å². The van der Waals surface area contributed by atoms with Crippen LogP contribution in [-0.4, -0.2) is 39.8 Å². The SMILES string of the molecule is O=C(Nc1cccc(Oc2cnccn2)c1)C1CCN(C(=O)c2ccc(F)cc2)CC1. The van der Waals surface area contributed by atoms with Crippen molar-refractivity contribution in [2.24, 2.45) is 5.92 Å². The highest BCUT2D eigenvalue weighted by atomic mass is 19.1. The highest BCUT2D eigenvalue weighted by Gasteiger charge is 2.28. The molecule has 1 aromatic heterocycles. The lowest BCUT2D eigenvalue weighted by Crippen LogP contribution is -2.41. The zero-order valence-electron chi connectivity index (χ0n) is 16.7. The largest absolute Gasteiger partial charge is 0.437 e. The predicted octanol–water partition coefficient (Wildman–Crippen LogP) is 3.90. The number of halogens is 1. The molecule has 0 atom stereocenters. The first kappa shape index (κ1) is 20.5. The summed E-state index contributed by atoms with van der Waals surface area (Å²) in [5.74, 6) is 0.0976. The van der Waals surface area contributed by atoms with Gasteiger partial charge in [0, 0.05) is 48.7 Å². The van der Waals surface area contributed by atoms with Crippen molar-refractivity contribution in [1.82, 2.24) is 14.9 Å². The molecule has 1 aliphatic heterocycles. The number of amides is 2. The lowest BCUT2D eigenvalue weighted by molar-refractivity contribution is -0.121. The summed E-state index contributed by atoms with van der Waals surface area (Å²) in [6.07, 6.45) is 5.73. The van der Waals surface area contributed by atoms with E-state index < -0.39 is 0 Å². The summed E-state index contributed by atoms with van der Waals surface area (Å²) in [7, 11) is 0. The number of nitrogens with zero attached hydrogens (tertiary/aromatic N) is 3. The summed E-state index contributed by atoms with van der Waals surface area (Å²) >= 11 is 0. The van der Waals surface area contributed by atoms with E-state index in [-0.39, 0.29) is 23.5 Å². The number of aromatic nitrogens is 2. The Hall–Kier alpha value is -3.81. The van der Waals surface area contributed by atoms with Crippen LogP contribution in [0.3, 0.4) is 0 Å². The zero-order valence-corrected chi connectivity index (χ0v) is 16.7. The average Bonchev–Trinajstić information content (AvgIpc) is 2.80. The van der Waals surface area contributed by atoms with E-state index in [4.69, 9.17) is 4.74 Å². The van der Waals surface area contributed by atoms with Gasteiger partial charge >= 0.3 is 0 Å². The Morgan fingerprint density at radius 1 is 1.06 bits per heavy atom. The molecule has 2 aromatic carbocycles. The van der Waals surface area contributed by atoms with E-state index in [1.165, 1.54) is 36.7 Å². The van der Waals surface area contributed by atoms with Gasteiger partial charge in [0.2, 0.25) is 11.8 Å². The maximum absolute atomic E-state index is 13.1. The van der Waals surface area contributed by atoms with E-state index in [1.54, 1.807) is 35.4 Å². The van der Waals surface area contributed by atoms with Gasteiger partial charge in [0.25, 0.3) is 5.91 Å².